The van der Waals surface area contributed by atoms with Gasteiger partial charge in [-0.2, -0.15) is 0 Å². The van der Waals surface area contributed by atoms with E-state index in [-0.39, 0.29) is 30.2 Å². The van der Waals surface area contributed by atoms with Gasteiger partial charge >= 0.3 is 0 Å². The number of alkyl halides is 3. The van der Waals surface area contributed by atoms with Crippen LogP contribution in [0.5, 0.6) is 0 Å². The summed E-state index contributed by atoms with van der Waals surface area (Å²) in [6.45, 7) is 3.35. The van der Waals surface area contributed by atoms with Gasteiger partial charge < -0.3 is 15.7 Å². The Hall–Kier alpha value is -1.21. The molecule has 0 aromatic rings. The van der Waals surface area contributed by atoms with Crippen LogP contribution in [0, 0.1) is 17.8 Å². The number of rotatable bonds is 4. The van der Waals surface area contributed by atoms with Crippen molar-refractivity contribution in [1.82, 2.24) is 10.6 Å². The summed E-state index contributed by atoms with van der Waals surface area (Å²) in [5.74, 6) is -2.08. The second kappa shape index (κ2) is 8.66. The average molecular weight is 419 g/mol. The van der Waals surface area contributed by atoms with Crippen LogP contribution in [-0.2, 0) is 9.59 Å². The largest absolute Gasteiger partial charge is 0.392 e. The molecular formula is C20H29ClF2N2O3. The van der Waals surface area contributed by atoms with Crippen molar-refractivity contribution in [3.63, 3.8) is 0 Å². The van der Waals surface area contributed by atoms with E-state index in [9.17, 15) is 23.5 Å². The molecule has 0 spiro atoms. The first-order chi connectivity index (χ1) is 13.2. The Bertz CT molecular complexity index is 647. The molecule has 8 heteroatoms. The van der Waals surface area contributed by atoms with E-state index in [1.807, 2.05) is 0 Å². The molecule has 1 aliphatic heterocycles. The molecule has 0 aromatic heterocycles. The zero-order chi connectivity index (χ0) is 20.6. The van der Waals surface area contributed by atoms with Crippen molar-refractivity contribution < 1.29 is 23.5 Å². The summed E-state index contributed by atoms with van der Waals surface area (Å²) in [5, 5.41) is 15.2. The Kier molecular flexibility index (Phi) is 6.65. The van der Waals surface area contributed by atoms with Crippen molar-refractivity contribution in [2.75, 3.05) is 0 Å². The molecule has 3 N–H and O–H groups in total. The number of nitrogens with one attached hydrogen (secondary N) is 2. The number of amides is 2. The standard InChI is InChI=1S/C20H29ClF2N2O3/c1-9(19(27)24-10(2)12-4-3-11(22)7-15(12)23)13-8-14-16(25-20(13)28)5-6-17(26)18(14)21/h8-12,14-18,26H,3-7H2,1-2H3,(H,24,27)(H,25,28)/t9-,10+,11?,12?,14?,15?,16?,17?,18?/m1/s1. The molecule has 158 valence electrons. The smallest absolute Gasteiger partial charge is 0.247 e. The summed E-state index contributed by atoms with van der Waals surface area (Å²) in [7, 11) is 0. The number of hydrogen-bond acceptors (Lipinski definition) is 3. The minimum Gasteiger partial charge on any atom is -0.392 e. The van der Waals surface area contributed by atoms with Crippen LogP contribution in [0.1, 0.15) is 46.0 Å². The van der Waals surface area contributed by atoms with Gasteiger partial charge in [-0.15, -0.1) is 11.6 Å². The Morgan fingerprint density at radius 1 is 1.29 bits per heavy atom. The second-order valence-corrected chi connectivity index (χ2v) is 8.98. The normalized spacial score (nSPS) is 40.6. The van der Waals surface area contributed by atoms with E-state index in [4.69, 9.17) is 11.6 Å². The first kappa shape index (κ1) is 21.5. The molecule has 2 saturated carbocycles. The molecule has 2 fully saturated rings. The molecule has 5 nitrogen and oxygen atoms in total. The summed E-state index contributed by atoms with van der Waals surface area (Å²) in [6, 6.07) is -0.589. The maximum atomic E-state index is 14.2. The molecule has 0 aromatic carbocycles. The third-order valence-electron chi connectivity index (χ3n) is 6.55. The van der Waals surface area contributed by atoms with Crippen LogP contribution < -0.4 is 10.6 Å². The average Bonchev–Trinajstić information content (AvgIpc) is 2.63. The quantitative estimate of drug-likeness (QED) is 0.613. The van der Waals surface area contributed by atoms with Gasteiger partial charge in [0.05, 0.1) is 17.4 Å². The molecule has 3 aliphatic rings. The summed E-state index contributed by atoms with van der Waals surface area (Å²) in [4.78, 5) is 25.2. The minimum absolute atomic E-state index is 0.128. The Morgan fingerprint density at radius 2 is 2.00 bits per heavy atom. The number of fused-ring (bicyclic) bond motifs is 1. The molecule has 28 heavy (non-hydrogen) atoms. The van der Waals surface area contributed by atoms with E-state index in [1.165, 1.54) is 0 Å². The number of carbonyl (C=O) groups is 2. The number of halogens is 3. The lowest BCUT2D eigenvalue weighted by molar-refractivity contribution is -0.128. The second-order valence-electron chi connectivity index (χ2n) is 8.48. The van der Waals surface area contributed by atoms with E-state index >= 15 is 0 Å². The van der Waals surface area contributed by atoms with Gasteiger partial charge in [0.2, 0.25) is 11.8 Å². The number of aliphatic hydroxyl groups excluding tert-OH is 1. The van der Waals surface area contributed by atoms with Crippen LogP contribution in [-0.4, -0.2) is 52.8 Å². The van der Waals surface area contributed by atoms with Crippen molar-refractivity contribution >= 4 is 23.4 Å². The highest BCUT2D eigenvalue weighted by Crippen LogP contribution is 2.35. The molecular weight excluding hydrogens is 390 g/mol. The maximum absolute atomic E-state index is 14.2. The van der Waals surface area contributed by atoms with Crippen LogP contribution in [0.25, 0.3) is 0 Å². The van der Waals surface area contributed by atoms with Crippen molar-refractivity contribution in [1.29, 1.82) is 0 Å². The Morgan fingerprint density at radius 3 is 2.68 bits per heavy atom. The van der Waals surface area contributed by atoms with E-state index in [1.54, 1.807) is 19.9 Å². The van der Waals surface area contributed by atoms with Gasteiger partial charge in [0, 0.05) is 35.9 Å². The van der Waals surface area contributed by atoms with E-state index in [0.717, 1.165) is 0 Å². The molecule has 7 unspecified atom stereocenters. The minimum atomic E-state index is -1.28. The summed E-state index contributed by atoms with van der Waals surface area (Å²) < 4.78 is 27.5. The maximum Gasteiger partial charge on any atom is 0.247 e. The highest BCUT2D eigenvalue weighted by Gasteiger charge is 2.42. The van der Waals surface area contributed by atoms with Gasteiger partial charge in [-0.25, -0.2) is 8.78 Å². The van der Waals surface area contributed by atoms with Gasteiger partial charge in [-0.3, -0.25) is 9.59 Å². The van der Waals surface area contributed by atoms with Gasteiger partial charge in [0.25, 0.3) is 0 Å². The van der Waals surface area contributed by atoms with E-state index in [0.29, 0.717) is 31.3 Å². The Labute approximate surface area is 169 Å². The zero-order valence-corrected chi connectivity index (χ0v) is 17.0. The van der Waals surface area contributed by atoms with Crippen molar-refractivity contribution in [3.05, 3.63) is 11.6 Å². The number of aliphatic hydroxyl groups is 1. The lowest BCUT2D eigenvalue weighted by Gasteiger charge is -2.40. The van der Waals surface area contributed by atoms with Crippen LogP contribution in [0.4, 0.5) is 8.78 Å². The fraction of sp³-hybridized carbons (Fsp3) is 0.800. The fourth-order valence-electron chi connectivity index (χ4n) is 4.68. The van der Waals surface area contributed by atoms with Gasteiger partial charge in [-0.05, 0) is 39.5 Å². The molecule has 2 amide bonds. The lowest BCUT2D eigenvalue weighted by Crippen LogP contribution is -2.54. The van der Waals surface area contributed by atoms with E-state index < -0.39 is 41.7 Å². The predicted molar refractivity (Wildman–Crippen MR) is 102 cm³/mol. The third kappa shape index (κ3) is 4.35. The molecule has 0 saturated heterocycles. The Balaban J connectivity index is 1.66. The monoisotopic (exact) mass is 418 g/mol. The zero-order valence-electron chi connectivity index (χ0n) is 16.2. The summed E-state index contributed by atoms with van der Waals surface area (Å²) >= 11 is 6.33. The van der Waals surface area contributed by atoms with Crippen LogP contribution in [0.15, 0.2) is 11.6 Å². The number of hydrogen-bond donors (Lipinski definition) is 3. The fourth-order valence-corrected chi connectivity index (χ4v) is 5.06. The van der Waals surface area contributed by atoms with Crippen molar-refractivity contribution in [2.24, 2.45) is 17.8 Å². The first-order valence-corrected chi connectivity index (χ1v) is 10.6. The molecule has 2 aliphatic carbocycles. The van der Waals surface area contributed by atoms with Gasteiger partial charge in [-0.1, -0.05) is 6.08 Å². The molecule has 0 radical (unpaired) electrons. The molecule has 9 atom stereocenters. The topological polar surface area (TPSA) is 78.4 Å². The molecule has 1 heterocycles. The highest BCUT2D eigenvalue weighted by atomic mass is 35.5. The first-order valence-electron chi connectivity index (χ1n) is 10.1. The van der Waals surface area contributed by atoms with E-state index in [2.05, 4.69) is 10.6 Å². The summed E-state index contributed by atoms with van der Waals surface area (Å²) in [5.41, 5.74) is 0.315. The summed E-state index contributed by atoms with van der Waals surface area (Å²) in [6.07, 6.45) is 0.385. The third-order valence-corrected chi connectivity index (χ3v) is 7.14. The number of carbonyl (C=O) groups excluding carboxylic acids is 2. The highest BCUT2D eigenvalue weighted by molar-refractivity contribution is 6.21. The lowest BCUT2D eigenvalue weighted by atomic mass is 9.77. The van der Waals surface area contributed by atoms with Crippen molar-refractivity contribution in [2.45, 2.75) is 81.9 Å². The molecule has 3 rings (SSSR count). The molecule has 0 bridgehead atoms. The van der Waals surface area contributed by atoms with Crippen molar-refractivity contribution in [3.8, 4) is 0 Å². The predicted octanol–water partition coefficient (Wildman–Crippen LogP) is 2.41. The van der Waals surface area contributed by atoms with Crippen LogP contribution in [0.2, 0.25) is 0 Å². The van der Waals surface area contributed by atoms with Gasteiger partial charge in [0.15, 0.2) is 0 Å². The van der Waals surface area contributed by atoms with Crippen LogP contribution >= 0.6 is 11.6 Å². The SMILES string of the molecule is C[C@@H](C(=O)N[C@@H](C)C1CCC(F)CC1F)C1=CC2C(CCC(O)C2Cl)NC1=O. The van der Waals surface area contributed by atoms with Gasteiger partial charge in [0.1, 0.15) is 12.3 Å². The van der Waals surface area contributed by atoms with Crippen LogP contribution in [0.3, 0.4) is 0 Å².